The minimum atomic E-state index is -0.698. The van der Waals surface area contributed by atoms with Crippen LogP contribution >= 0.6 is 11.6 Å². The summed E-state index contributed by atoms with van der Waals surface area (Å²) in [4.78, 5) is 37.4. The molecule has 138 valence electrons. The molecule has 0 saturated heterocycles. The fraction of sp³-hybridized carbons (Fsp3) is 0.500. The number of amides is 3. The van der Waals surface area contributed by atoms with E-state index in [-0.39, 0.29) is 30.8 Å². The van der Waals surface area contributed by atoms with Crippen LogP contribution in [0.5, 0.6) is 0 Å². The Kier molecular flexibility index (Phi) is 8.41. The van der Waals surface area contributed by atoms with Gasteiger partial charge in [0.1, 0.15) is 5.38 Å². The third kappa shape index (κ3) is 8.03. The predicted molar refractivity (Wildman–Crippen MR) is 99.6 cm³/mol. The zero-order valence-corrected chi connectivity index (χ0v) is 15.9. The van der Waals surface area contributed by atoms with Gasteiger partial charge in [0.15, 0.2) is 0 Å². The van der Waals surface area contributed by atoms with E-state index in [0.29, 0.717) is 12.2 Å². The lowest BCUT2D eigenvalue weighted by atomic mass is 10.2. The van der Waals surface area contributed by atoms with E-state index >= 15 is 0 Å². The SMILES string of the molecule is Cc1cccc(NC(=O)CNC(=O)CN(CC(C)C)C(=O)C(C)Cl)c1. The number of aryl methyl sites for hydroxylation is 1. The van der Waals surface area contributed by atoms with Crippen molar-refractivity contribution < 1.29 is 14.4 Å². The Hall–Kier alpha value is -2.08. The maximum Gasteiger partial charge on any atom is 0.243 e. The minimum Gasteiger partial charge on any atom is -0.345 e. The first-order chi connectivity index (χ1) is 11.7. The number of hydrogen-bond acceptors (Lipinski definition) is 3. The summed E-state index contributed by atoms with van der Waals surface area (Å²) >= 11 is 5.83. The normalized spacial score (nSPS) is 11.8. The zero-order valence-electron chi connectivity index (χ0n) is 15.1. The first-order valence-corrected chi connectivity index (χ1v) is 8.68. The molecule has 0 aliphatic carbocycles. The molecule has 1 rings (SSSR count). The number of carbonyl (C=O) groups excluding carboxylic acids is 3. The molecule has 0 aliphatic heterocycles. The van der Waals surface area contributed by atoms with Crippen LogP contribution < -0.4 is 10.6 Å². The highest BCUT2D eigenvalue weighted by Gasteiger charge is 2.22. The molecule has 25 heavy (non-hydrogen) atoms. The average Bonchev–Trinajstić information content (AvgIpc) is 2.51. The Balaban J connectivity index is 2.50. The quantitative estimate of drug-likeness (QED) is 0.691. The molecule has 0 bridgehead atoms. The molecule has 3 amide bonds. The van der Waals surface area contributed by atoms with Gasteiger partial charge in [0.05, 0.1) is 13.1 Å². The lowest BCUT2D eigenvalue weighted by Crippen LogP contribution is -2.46. The molecule has 1 aromatic rings. The molecule has 1 atom stereocenters. The van der Waals surface area contributed by atoms with Crippen LogP contribution in [0, 0.1) is 12.8 Å². The fourth-order valence-corrected chi connectivity index (χ4v) is 2.40. The van der Waals surface area contributed by atoms with Crippen molar-refractivity contribution in [1.29, 1.82) is 0 Å². The summed E-state index contributed by atoms with van der Waals surface area (Å²) in [5.41, 5.74) is 1.70. The van der Waals surface area contributed by atoms with Crippen molar-refractivity contribution in [3.63, 3.8) is 0 Å². The van der Waals surface area contributed by atoms with E-state index < -0.39 is 11.3 Å². The lowest BCUT2D eigenvalue weighted by Gasteiger charge is -2.25. The monoisotopic (exact) mass is 367 g/mol. The van der Waals surface area contributed by atoms with Crippen LogP contribution in [0.4, 0.5) is 5.69 Å². The highest BCUT2D eigenvalue weighted by Crippen LogP contribution is 2.09. The van der Waals surface area contributed by atoms with Gasteiger partial charge in [0.2, 0.25) is 17.7 Å². The number of rotatable bonds is 8. The maximum atomic E-state index is 12.1. The van der Waals surface area contributed by atoms with E-state index in [1.54, 1.807) is 13.0 Å². The number of nitrogens with zero attached hydrogens (tertiary/aromatic N) is 1. The lowest BCUT2D eigenvalue weighted by molar-refractivity contribution is -0.136. The van der Waals surface area contributed by atoms with E-state index in [0.717, 1.165) is 5.56 Å². The Morgan fingerprint density at radius 3 is 2.40 bits per heavy atom. The van der Waals surface area contributed by atoms with Crippen LogP contribution in [0.25, 0.3) is 0 Å². The van der Waals surface area contributed by atoms with Crippen molar-refractivity contribution >= 4 is 35.0 Å². The van der Waals surface area contributed by atoms with Crippen LogP contribution in [0.15, 0.2) is 24.3 Å². The standard InChI is InChI=1S/C18H26ClN3O3/c1-12(2)10-22(18(25)14(4)19)11-17(24)20-9-16(23)21-15-7-5-6-13(3)8-15/h5-8,12,14H,9-11H2,1-4H3,(H,20,24)(H,21,23). The van der Waals surface area contributed by atoms with Crippen LogP contribution in [0.1, 0.15) is 26.3 Å². The third-order valence-electron chi connectivity index (χ3n) is 3.32. The maximum absolute atomic E-state index is 12.1. The van der Waals surface area contributed by atoms with Gasteiger partial charge in [0.25, 0.3) is 0 Å². The number of halogens is 1. The minimum absolute atomic E-state index is 0.119. The van der Waals surface area contributed by atoms with Crippen molar-refractivity contribution in [2.45, 2.75) is 33.1 Å². The fourth-order valence-electron chi connectivity index (χ4n) is 2.26. The molecule has 0 aromatic heterocycles. The first kappa shape index (κ1) is 21.0. The largest absolute Gasteiger partial charge is 0.345 e. The molecule has 6 nitrogen and oxygen atoms in total. The number of carbonyl (C=O) groups is 3. The van der Waals surface area contributed by atoms with E-state index in [2.05, 4.69) is 10.6 Å². The number of alkyl halides is 1. The summed E-state index contributed by atoms with van der Waals surface area (Å²) in [6.45, 7) is 7.55. The Morgan fingerprint density at radius 1 is 1.16 bits per heavy atom. The highest BCUT2D eigenvalue weighted by molar-refractivity contribution is 6.30. The molecule has 7 heteroatoms. The second-order valence-corrected chi connectivity index (χ2v) is 7.08. The summed E-state index contributed by atoms with van der Waals surface area (Å²) in [6.07, 6.45) is 0. The Labute approximate surface area is 153 Å². The number of benzene rings is 1. The molecule has 0 spiro atoms. The van der Waals surface area contributed by atoms with Gasteiger partial charge in [-0.2, -0.15) is 0 Å². The summed E-state index contributed by atoms with van der Waals surface area (Å²) in [7, 11) is 0. The van der Waals surface area contributed by atoms with Crippen LogP contribution in [-0.2, 0) is 14.4 Å². The van der Waals surface area contributed by atoms with E-state index in [1.165, 1.54) is 4.90 Å². The summed E-state index contributed by atoms with van der Waals surface area (Å²) in [5, 5.41) is 4.54. The second-order valence-electron chi connectivity index (χ2n) is 6.42. The van der Waals surface area contributed by atoms with Gasteiger partial charge >= 0.3 is 0 Å². The molecule has 0 saturated carbocycles. The molecule has 1 aromatic carbocycles. The van der Waals surface area contributed by atoms with E-state index in [9.17, 15) is 14.4 Å². The van der Waals surface area contributed by atoms with Gasteiger partial charge in [-0.25, -0.2) is 0 Å². The van der Waals surface area contributed by atoms with E-state index in [4.69, 9.17) is 11.6 Å². The third-order valence-corrected chi connectivity index (χ3v) is 3.51. The zero-order chi connectivity index (χ0) is 19.0. The molecular formula is C18H26ClN3O3. The van der Waals surface area contributed by atoms with Crippen molar-refractivity contribution in [3.05, 3.63) is 29.8 Å². The van der Waals surface area contributed by atoms with Gasteiger partial charge < -0.3 is 15.5 Å². The van der Waals surface area contributed by atoms with Gasteiger partial charge in [-0.05, 0) is 37.5 Å². The van der Waals surface area contributed by atoms with Gasteiger partial charge in [-0.3, -0.25) is 14.4 Å². The van der Waals surface area contributed by atoms with Gasteiger partial charge in [-0.15, -0.1) is 11.6 Å². The van der Waals surface area contributed by atoms with Crippen LogP contribution in [0.3, 0.4) is 0 Å². The van der Waals surface area contributed by atoms with Gasteiger partial charge in [-0.1, -0.05) is 26.0 Å². The van der Waals surface area contributed by atoms with E-state index in [1.807, 2.05) is 39.0 Å². The van der Waals surface area contributed by atoms with Crippen molar-refractivity contribution in [3.8, 4) is 0 Å². The molecule has 0 radical (unpaired) electrons. The van der Waals surface area contributed by atoms with Crippen molar-refractivity contribution in [2.24, 2.45) is 5.92 Å². The Bertz CT molecular complexity index is 617. The van der Waals surface area contributed by atoms with Gasteiger partial charge in [0, 0.05) is 12.2 Å². The molecule has 2 N–H and O–H groups in total. The topological polar surface area (TPSA) is 78.5 Å². The highest BCUT2D eigenvalue weighted by atomic mass is 35.5. The Morgan fingerprint density at radius 2 is 1.84 bits per heavy atom. The summed E-state index contributed by atoms with van der Waals surface area (Å²) < 4.78 is 0. The van der Waals surface area contributed by atoms with Crippen LogP contribution in [0.2, 0.25) is 0 Å². The molecule has 1 unspecified atom stereocenters. The summed E-state index contributed by atoms with van der Waals surface area (Å²) in [5.74, 6) is -0.816. The molecule has 0 aliphatic rings. The average molecular weight is 368 g/mol. The summed E-state index contributed by atoms with van der Waals surface area (Å²) in [6, 6.07) is 7.38. The van der Waals surface area contributed by atoms with Crippen LogP contribution in [-0.4, -0.2) is 47.6 Å². The smallest absolute Gasteiger partial charge is 0.243 e. The number of nitrogens with one attached hydrogen (secondary N) is 2. The molecule has 0 heterocycles. The molecule has 0 fully saturated rings. The predicted octanol–water partition coefficient (Wildman–Crippen LogP) is 2.16. The number of hydrogen-bond donors (Lipinski definition) is 2. The first-order valence-electron chi connectivity index (χ1n) is 8.25. The second kappa shape index (κ2) is 10.0. The number of anilines is 1. The van der Waals surface area contributed by atoms with Crippen molar-refractivity contribution in [1.82, 2.24) is 10.2 Å². The molecular weight excluding hydrogens is 342 g/mol. The van der Waals surface area contributed by atoms with Crippen molar-refractivity contribution in [2.75, 3.05) is 25.0 Å².